The molecule has 0 saturated carbocycles. The van der Waals surface area contributed by atoms with Gasteiger partial charge < -0.3 is 0 Å². The topological polar surface area (TPSA) is 77.3 Å². The zero-order valence-corrected chi connectivity index (χ0v) is 34.8. The third kappa shape index (κ3) is 8.04. The third-order valence-corrected chi connectivity index (χ3v) is 11.7. The predicted molar refractivity (Wildman–Crippen MR) is 260 cm³/mol. The number of allylic oxidation sites excluding steroid dienone is 4. The molecule has 0 amide bonds. The Hall–Kier alpha value is -8.48. The number of aromatic nitrogens is 6. The molecule has 0 saturated heterocycles. The van der Waals surface area contributed by atoms with E-state index >= 15 is 0 Å². The Kier molecular flexibility index (Phi) is 10.3. The van der Waals surface area contributed by atoms with Gasteiger partial charge in [0.1, 0.15) is 5.82 Å². The van der Waals surface area contributed by atoms with E-state index < -0.39 is 0 Å². The summed E-state index contributed by atoms with van der Waals surface area (Å²) >= 11 is 0. The van der Waals surface area contributed by atoms with Crippen molar-refractivity contribution in [3.05, 3.63) is 230 Å². The highest BCUT2D eigenvalue weighted by molar-refractivity contribution is 5.91. The quantitative estimate of drug-likeness (QED) is 0.144. The maximum absolute atomic E-state index is 5.11. The summed E-state index contributed by atoms with van der Waals surface area (Å²) in [7, 11) is 0. The number of nitrogens with zero attached hydrogens (tertiary/aromatic N) is 6. The van der Waals surface area contributed by atoms with E-state index in [2.05, 4.69) is 182 Å². The lowest BCUT2D eigenvalue weighted by Gasteiger charge is -2.14. The molecule has 0 fully saturated rings. The van der Waals surface area contributed by atoms with Crippen molar-refractivity contribution < 1.29 is 0 Å². The molecule has 1 aliphatic rings. The van der Waals surface area contributed by atoms with Crippen LogP contribution < -0.4 is 0 Å². The maximum Gasteiger partial charge on any atom is 0.164 e. The Morgan fingerprint density at radius 3 is 1.09 bits per heavy atom. The second-order valence-corrected chi connectivity index (χ2v) is 15.9. The highest BCUT2D eigenvalue weighted by Crippen LogP contribution is 2.33. The summed E-state index contributed by atoms with van der Waals surface area (Å²) in [5.41, 5.74) is 11.5. The molecule has 6 nitrogen and oxygen atoms in total. The van der Waals surface area contributed by atoms with E-state index in [1.54, 1.807) is 0 Å². The molecule has 302 valence electrons. The van der Waals surface area contributed by atoms with Crippen molar-refractivity contribution in [2.75, 3.05) is 0 Å². The maximum atomic E-state index is 5.11. The lowest BCUT2D eigenvalue weighted by atomic mass is 9.98. The molecule has 0 bridgehead atoms. The van der Waals surface area contributed by atoms with Gasteiger partial charge in [0, 0.05) is 33.7 Å². The van der Waals surface area contributed by atoms with Gasteiger partial charge in [0.15, 0.2) is 29.1 Å². The molecule has 64 heavy (non-hydrogen) atoms. The van der Waals surface area contributed by atoms with Crippen molar-refractivity contribution in [3.8, 4) is 90.3 Å². The molecule has 0 aliphatic heterocycles. The summed E-state index contributed by atoms with van der Waals surface area (Å²) in [5.74, 6) is 4.07. The van der Waals surface area contributed by atoms with E-state index in [-0.39, 0.29) is 5.92 Å². The van der Waals surface area contributed by atoms with Gasteiger partial charge >= 0.3 is 0 Å². The number of benzene rings is 8. The number of rotatable bonds is 9. The summed E-state index contributed by atoms with van der Waals surface area (Å²) in [6.45, 7) is 0. The average molecular weight is 821 g/mol. The van der Waals surface area contributed by atoms with Gasteiger partial charge in [-0.25, -0.2) is 29.9 Å². The van der Waals surface area contributed by atoms with E-state index in [9.17, 15) is 0 Å². The van der Waals surface area contributed by atoms with E-state index in [4.69, 9.17) is 29.9 Å². The summed E-state index contributed by atoms with van der Waals surface area (Å²) in [6, 6.07) is 69.3. The van der Waals surface area contributed by atoms with Gasteiger partial charge in [-0.3, -0.25) is 0 Å². The average Bonchev–Trinajstić information content (AvgIpc) is 3.39. The number of fused-ring (bicyclic) bond motifs is 1. The van der Waals surface area contributed by atoms with Crippen LogP contribution in [0.2, 0.25) is 0 Å². The molecule has 1 atom stereocenters. The minimum absolute atomic E-state index is 0.102. The minimum Gasteiger partial charge on any atom is -0.212 e. The first-order valence-electron chi connectivity index (χ1n) is 21.5. The fourth-order valence-corrected chi connectivity index (χ4v) is 8.20. The standard InChI is InChI=1S/C58H40N6/c1-5-13-39(14-6-1)41-21-29-47(30-22-41)56-62-57(48-31-23-42(24-32-48)40-15-7-2-8-16-40)64-58(63-56)51-36-28-44-27-35-50(37-52(44)38-51)43-25-33-49(34-26-43)55-60-53(45-17-9-3-10-18-45)59-54(61-55)46-19-11-4-12-20-46/h1-19,21-38,46H,20H2. The lowest BCUT2D eigenvalue weighted by Crippen LogP contribution is -2.07. The molecule has 0 spiro atoms. The van der Waals surface area contributed by atoms with E-state index in [0.29, 0.717) is 29.1 Å². The first-order valence-corrected chi connectivity index (χ1v) is 21.5. The van der Waals surface area contributed by atoms with Gasteiger partial charge in [-0.1, -0.05) is 212 Å². The van der Waals surface area contributed by atoms with Crippen LogP contribution in [0, 0.1) is 0 Å². The summed E-state index contributed by atoms with van der Waals surface area (Å²) < 4.78 is 0. The lowest BCUT2D eigenvalue weighted by molar-refractivity contribution is 0.764. The van der Waals surface area contributed by atoms with Crippen molar-refractivity contribution in [1.82, 2.24) is 29.9 Å². The highest BCUT2D eigenvalue weighted by Gasteiger charge is 2.18. The molecule has 0 radical (unpaired) electrons. The van der Waals surface area contributed by atoms with Crippen LogP contribution in [0.3, 0.4) is 0 Å². The molecule has 2 heterocycles. The molecule has 6 heteroatoms. The monoisotopic (exact) mass is 820 g/mol. The Morgan fingerprint density at radius 1 is 0.281 bits per heavy atom. The van der Waals surface area contributed by atoms with Gasteiger partial charge in [0.2, 0.25) is 0 Å². The predicted octanol–water partition coefficient (Wildman–Crippen LogP) is 14.1. The summed E-state index contributed by atoms with van der Waals surface area (Å²) in [5, 5.41) is 2.22. The van der Waals surface area contributed by atoms with Crippen LogP contribution in [0.25, 0.3) is 101 Å². The molecule has 2 aromatic heterocycles. The molecule has 8 aromatic carbocycles. The van der Waals surface area contributed by atoms with Gasteiger partial charge in [0.05, 0.1) is 0 Å². The Labute approximate surface area is 372 Å². The van der Waals surface area contributed by atoms with Gasteiger partial charge in [-0.15, -0.1) is 0 Å². The number of hydrogen-bond donors (Lipinski definition) is 0. The first kappa shape index (κ1) is 38.4. The van der Waals surface area contributed by atoms with Crippen LogP contribution in [-0.2, 0) is 0 Å². The van der Waals surface area contributed by atoms with Crippen LogP contribution >= 0.6 is 0 Å². The van der Waals surface area contributed by atoms with Crippen molar-refractivity contribution in [2.45, 2.75) is 12.3 Å². The van der Waals surface area contributed by atoms with Crippen LogP contribution in [0.5, 0.6) is 0 Å². The summed E-state index contributed by atoms with van der Waals surface area (Å²) in [4.78, 5) is 30.1. The molecular formula is C58H40N6. The van der Waals surface area contributed by atoms with Crippen molar-refractivity contribution in [2.24, 2.45) is 0 Å². The molecule has 1 unspecified atom stereocenters. The minimum atomic E-state index is 0.102. The smallest absolute Gasteiger partial charge is 0.164 e. The molecule has 11 rings (SSSR count). The molecule has 10 aromatic rings. The van der Waals surface area contributed by atoms with Crippen LogP contribution in [0.15, 0.2) is 224 Å². The summed E-state index contributed by atoms with van der Waals surface area (Å²) in [6.07, 6.45) is 9.32. The largest absolute Gasteiger partial charge is 0.212 e. The van der Waals surface area contributed by atoms with Crippen molar-refractivity contribution in [1.29, 1.82) is 0 Å². The van der Waals surface area contributed by atoms with Crippen LogP contribution in [0.4, 0.5) is 0 Å². The fraction of sp³-hybridized carbons (Fsp3) is 0.0345. The van der Waals surface area contributed by atoms with Crippen molar-refractivity contribution >= 4 is 10.8 Å². The fourth-order valence-electron chi connectivity index (χ4n) is 8.20. The SMILES string of the molecule is C1=CCC(c2nc(-c3ccccc3)nc(-c3ccc(-c4ccc5ccc(-c6nc(-c7ccc(-c8ccccc8)cc7)nc(-c7ccc(-c8ccccc8)cc7)n6)cc5c4)cc3)n2)C=C1. The zero-order valence-electron chi connectivity index (χ0n) is 34.8. The first-order chi connectivity index (χ1) is 31.7. The van der Waals surface area contributed by atoms with Crippen LogP contribution in [-0.4, -0.2) is 29.9 Å². The van der Waals surface area contributed by atoms with Crippen LogP contribution in [0.1, 0.15) is 18.2 Å². The normalized spacial score (nSPS) is 13.3. The molecular weight excluding hydrogens is 781 g/mol. The zero-order chi connectivity index (χ0) is 42.7. The second-order valence-electron chi connectivity index (χ2n) is 15.9. The Balaban J connectivity index is 0.936. The van der Waals surface area contributed by atoms with E-state index in [0.717, 1.165) is 84.2 Å². The van der Waals surface area contributed by atoms with Gasteiger partial charge in [-0.2, -0.15) is 0 Å². The Morgan fingerprint density at radius 2 is 0.625 bits per heavy atom. The number of hydrogen-bond acceptors (Lipinski definition) is 6. The molecule has 0 N–H and O–H groups in total. The highest BCUT2D eigenvalue weighted by atomic mass is 15.0. The van der Waals surface area contributed by atoms with E-state index in [1.165, 1.54) is 0 Å². The third-order valence-electron chi connectivity index (χ3n) is 11.7. The molecule has 1 aliphatic carbocycles. The van der Waals surface area contributed by atoms with Gasteiger partial charge in [0.25, 0.3) is 0 Å². The van der Waals surface area contributed by atoms with Crippen molar-refractivity contribution in [3.63, 3.8) is 0 Å². The van der Waals surface area contributed by atoms with E-state index in [1.807, 2.05) is 42.5 Å². The van der Waals surface area contributed by atoms with Gasteiger partial charge in [-0.05, 0) is 62.7 Å². The second kappa shape index (κ2) is 17.1. The Bertz CT molecular complexity index is 3210.